The highest BCUT2D eigenvalue weighted by atomic mass is 19.1. The number of carbonyl (C=O) groups is 2. The first-order valence-electron chi connectivity index (χ1n) is 12.9. The summed E-state index contributed by atoms with van der Waals surface area (Å²) in [7, 11) is 0. The first kappa shape index (κ1) is 28.0. The largest absolute Gasteiger partial charge is 0.458 e. The summed E-state index contributed by atoms with van der Waals surface area (Å²) >= 11 is 0. The van der Waals surface area contributed by atoms with Crippen molar-refractivity contribution in [3.8, 4) is 22.5 Å². The van der Waals surface area contributed by atoms with Crippen molar-refractivity contribution in [2.75, 3.05) is 5.32 Å². The van der Waals surface area contributed by atoms with Gasteiger partial charge in [0, 0.05) is 35.4 Å². The lowest BCUT2D eigenvalue weighted by molar-refractivity contribution is -0.156. The lowest BCUT2D eigenvalue weighted by atomic mass is 10.0. The molecule has 2 atom stereocenters. The van der Waals surface area contributed by atoms with Crippen molar-refractivity contribution in [3.63, 3.8) is 0 Å². The Kier molecular flexibility index (Phi) is 8.20. The molecule has 0 unspecified atom stereocenters. The number of halogens is 1. The highest BCUT2D eigenvalue weighted by Crippen LogP contribution is 2.36. The van der Waals surface area contributed by atoms with E-state index in [0.717, 1.165) is 17.0 Å². The van der Waals surface area contributed by atoms with E-state index in [2.05, 4.69) is 5.32 Å². The van der Waals surface area contributed by atoms with E-state index < -0.39 is 29.9 Å². The van der Waals surface area contributed by atoms with E-state index >= 15 is 0 Å². The van der Waals surface area contributed by atoms with Gasteiger partial charge in [0.05, 0.1) is 23.9 Å². The van der Waals surface area contributed by atoms with Crippen LogP contribution in [0.2, 0.25) is 0 Å². The van der Waals surface area contributed by atoms with Crippen molar-refractivity contribution in [1.82, 2.24) is 9.55 Å². The Morgan fingerprint density at radius 2 is 1.92 bits per heavy atom. The number of esters is 1. The van der Waals surface area contributed by atoms with E-state index in [1.54, 1.807) is 57.3 Å². The maximum Gasteiger partial charge on any atom is 0.412 e. The summed E-state index contributed by atoms with van der Waals surface area (Å²) < 4.78 is 26.5. The molecule has 206 valence electrons. The Morgan fingerprint density at radius 1 is 1.21 bits per heavy atom. The van der Waals surface area contributed by atoms with Crippen LogP contribution in [0, 0.1) is 5.82 Å². The van der Waals surface area contributed by atoms with E-state index in [0.29, 0.717) is 23.5 Å². The summed E-state index contributed by atoms with van der Waals surface area (Å²) in [6.07, 6.45) is 1.86. The molecular formula is C30H34FN3O5. The minimum atomic E-state index is -0.763. The standard InChI is InChI=1S/C30H34FN3O5/c1-18(2)28-33-26(20-7-6-8-22(15-20)32-29(37)39-30(3,4)5)27(19-9-11-21(31)12-10-19)34(28)14-13-24-16-23(35)17-25(36)38-24/h6-15,18,23-24,35H,16-17H2,1-5H3,(H,32,37)/b14-13+/t23-,24-/m0/s1. The number of aliphatic hydroxyl groups is 1. The zero-order valence-electron chi connectivity index (χ0n) is 22.8. The van der Waals surface area contributed by atoms with Gasteiger partial charge in [0.2, 0.25) is 0 Å². The number of anilines is 1. The number of hydrogen-bond acceptors (Lipinski definition) is 6. The molecule has 1 aliphatic heterocycles. The van der Waals surface area contributed by atoms with Gasteiger partial charge < -0.3 is 19.1 Å². The van der Waals surface area contributed by atoms with Crippen LogP contribution in [0.25, 0.3) is 28.7 Å². The molecular weight excluding hydrogens is 501 g/mol. The Balaban J connectivity index is 1.80. The molecule has 1 saturated heterocycles. The molecule has 0 radical (unpaired) electrons. The van der Waals surface area contributed by atoms with Crippen LogP contribution < -0.4 is 5.32 Å². The molecule has 0 saturated carbocycles. The minimum Gasteiger partial charge on any atom is -0.458 e. The second kappa shape index (κ2) is 11.4. The van der Waals surface area contributed by atoms with Gasteiger partial charge in [-0.1, -0.05) is 26.0 Å². The van der Waals surface area contributed by atoms with Crippen LogP contribution in [0.15, 0.2) is 54.6 Å². The summed E-state index contributed by atoms with van der Waals surface area (Å²) in [6, 6.07) is 13.4. The molecule has 3 aromatic rings. The summed E-state index contributed by atoms with van der Waals surface area (Å²) in [5.41, 5.74) is 2.68. The smallest absolute Gasteiger partial charge is 0.412 e. The second-order valence-corrected chi connectivity index (χ2v) is 10.9. The number of benzene rings is 2. The molecule has 2 aromatic carbocycles. The van der Waals surface area contributed by atoms with Gasteiger partial charge in [0.25, 0.3) is 0 Å². The number of nitrogens with zero attached hydrogens (tertiary/aromatic N) is 2. The van der Waals surface area contributed by atoms with Crippen molar-refractivity contribution in [3.05, 3.63) is 66.2 Å². The number of rotatable bonds is 6. The van der Waals surface area contributed by atoms with Gasteiger partial charge in [-0.2, -0.15) is 0 Å². The van der Waals surface area contributed by atoms with Gasteiger partial charge in [-0.3, -0.25) is 10.1 Å². The lowest BCUT2D eigenvalue weighted by Crippen LogP contribution is -2.31. The average molecular weight is 536 g/mol. The fourth-order valence-corrected chi connectivity index (χ4v) is 4.37. The van der Waals surface area contributed by atoms with E-state index in [9.17, 15) is 19.1 Å². The minimum absolute atomic E-state index is 0.00478. The van der Waals surface area contributed by atoms with Gasteiger partial charge in [-0.05, 0) is 63.2 Å². The fourth-order valence-electron chi connectivity index (χ4n) is 4.37. The van der Waals surface area contributed by atoms with Gasteiger partial charge in [-0.15, -0.1) is 0 Å². The predicted molar refractivity (Wildman–Crippen MR) is 147 cm³/mol. The molecule has 0 spiro atoms. The van der Waals surface area contributed by atoms with Crippen LogP contribution in [-0.4, -0.2) is 44.5 Å². The van der Waals surface area contributed by atoms with E-state index in [4.69, 9.17) is 14.5 Å². The number of ether oxygens (including phenoxy) is 2. The highest BCUT2D eigenvalue weighted by molar-refractivity contribution is 5.88. The number of aromatic nitrogens is 2. The van der Waals surface area contributed by atoms with Gasteiger partial charge >= 0.3 is 12.1 Å². The third-order valence-corrected chi connectivity index (χ3v) is 5.99. The summed E-state index contributed by atoms with van der Waals surface area (Å²) in [5.74, 6) is -0.0801. The molecule has 4 rings (SSSR count). The van der Waals surface area contributed by atoms with Crippen LogP contribution in [0.1, 0.15) is 59.2 Å². The van der Waals surface area contributed by atoms with Crippen LogP contribution in [0.4, 0.5) is 14.9 Å². The summed E-state index contributed by atoms with van der Waals surface area (Å²) in [6.45, 7) is 9.40. The van der Waals surface area contributed by atoms with E-state index in [1.165, 1.54) is 12.1 Å². The van der Waals surface area contributed by atoms with Crippen molar-refractivity contribution < 1.29 is 28.6 Å². The van der Waals surface area contributed by atoms with Crippen LogP contribution in [-0.2, 0) is 14.3 Å². The monoisotopic (exact) mass is 535 g/mol. The number of nitrogens with one attached hydrogen (secondary N) is 1. The SMILES string of the molecule is CC(C)c1nc(-c2cccc(NC(=O)OC(C)(C)C)c2)c(-c2ccc(F)cc2)n1/C=C/[C@H]1C[C@H](O)CC(=O)O1. The van der Waals surface area contributed by atoms with E-state index in [-0.39, 0.29) is 18.2 Å². The van der Waals surface area contributed by atoms with Crippen molar-refractivity contribution in [2.24, 2.45) is 0 Å². The molecule has 39 heavy (non-hydrogen) atoms. The number of amides is 1. The van der Waals surface area contributed by atoms with Crippen LogP contribution in [0.5, 0.6) is 0 Å². The Labute approximate surface area is 227 Å². The third kappa shape index (κ3) is 7.11. The number of cyclic esters (lactones) is 1. The highest BCUT2D eigenvalue weighted by Gasteiger charge is 2.26. The molecule has 8 nitrogen and oxygen atoms in total. The molecule has 1 fully saturated rings. The Bertz CT molecular complexity index is 1370. The second-order valence-electron chi connectivity index (χ2n) is 10.9. The fraction of sp³-hybridized carbons (Fsp3) is 0.367. The first-order valence-corrected chi connectivity index (χ1v) is 12.9. The van der Waals surface area contributed by atoms with Crippen molar-refractivity contribution in [1.29, 1.82) is 0 Å². The maximum absolute atomic E-state index is 13.9. The summed E-state index contributed by atoms with van der Waals surface area (Å²) in [5, 5.41) is 12.8. The number of hydrogen-bond donors (Lipinski definition) is 2. The predicted octanol–water partition coefficient (Wildman–Crippen LogP) is 6.36. The number of imidazole rings is 1. The molecule has 0 aliphatic carbocycles. The number of aliphatic hydroxyl groups excluding tert-OH is 1. The van der Waals surface area contributed by atoms with Crippen molar-refractivity contribution >= 4 is 23.9 Å². The molecule has 2 heterocycles. The average Bonchev–Trinajstić information content (AvgIpc) is 3.21. The third-order valence-electron chi connectivity index (χ3n) is 5.99. The zero-order chi connectivity index (χ0) is 28.3. The maximum atomic E-state index is 13.9. The molecule has 0 bridgehead atoms. The number of carbonyl (C=O) groups excluding carboxylic acids is 2. The Hall–Kier alpha value is -3.98. The summed E-state index contributed by atoms with van der Waals surface area (Å²) in [4.78, 5) is 29.2. The molecule has 9 heteroatoms. The molecule has 1 amide bonds. The quantitative estimate of drug-likeness (QED) is 0.356. The Morgan fingerprint density at radius 3 is 2.56 bits per heavy atom. The van der Waals surface area contributed by atoms with Crippen LogP contribution >= 0.6 is 0 Å². The van der Waals surface area contributed by atoms with Crippen molar-refractivity contribution in [2.45, 2.75) is 71.2 Å². The zero-order valence-corrected chi connectivity index (χ0v) is 22.8. The van der Waals surface area contributed by atoms with Crippen LogP contribution in [0.3, 0.4) is 0 Å². The van der Waals surface area contributed by atoms with Gasteiger partial charge in [0.15, 0.2) is 0 Å². The topological polar surface area (TPSA) is 103 Å². The molecule has 1 aromatic heterocycles. The molecule has 2 N–H and O–H groups in total. The van der Waals surface area contributed by atoms with E-state index in [1.807, 2.05) is 30.5 Å². The normalized spacial score (nSPS) is 17.9. The van der Waals surface area contributed by atoms with Gasteiger partial charge in [0.1, 0.15) is 23.3 Å². The molecule has 1 aliphatic rings. The first-order chi connectivity index (χ1) is 18.4. The lowest BCUT2D eigenvalue weighted by Gasteiger charge is -2.23. The van der Waals surface area contributed by atoms with Gasteiger partial charge in [-0.25, -0.2) is 14.2 Å².